The van der Waals surface area contributed by atoms with Gasteiger partial charge >= 0.3 is 0 Å². The SMILES string of the molecule is CCn1ncc(NC(C2CC2)C2CC2)c(Br)c1=O. The summed E-state index contributed by atoms with van der Waals surface area (Å²) in [6.45, 7) is 2.53. The minimum absolute atomic E-state index is 0.0483. The van der Waals surface area contributed by atoms with Crippen molar-refractivity contribution in [1.29, 1.82) is 0 Å². The van der Waals surface area contributed by atoms with Crippen LogP contribution in [0.25, 0.3) is 0 Å². The molecule has 4 nitrogen and oxygen atoms in total. The molecule has 18 heavy (non-hydrogen) atoms. The van der Waals surface area contributed by atoms with Gasteiger partial charge in [-0.05, 0) is 60.4 Å². The number of nitrogens with one attached hydrogen (secondary N) is 1. The number of aryl methyl sites for hydroxylation is 1. The Kier molecular flexibility index (Phi) is 3.18. The largest absolute Gasteiger partial charge is 0.379 e. The topological polar surface area (TPSA) is 46.9 Å². The zero-order valence-corrected chi connectivity index (χ0v) is 12.1. The molecule has 2 saturated carbocycles. The predicted molar refractivity (Wildman–Crippen MR) is 74.7 cm³/mol. The Morgan fingerprint density at radius 1 is 1.44 bits per heavy atom. The Balaban J connectivity index is 1.83. The lowest BCUT2D eigenvalue weighted by molar-refractivity contribution is 0.563. The lowest BCUT2D eigenvalue weighted by atomic mass is 10.1. The third-order valence-electron chi connectivity index (χ3n) is 3.87. The van der Waals surface area contributed by atoms with Gasteiger partial charge in [0.25, 0.3) is 5.56 Å². The van der Waals surface area contributed by atoms with Crippen LogP contribution in [0, 0.1) is 11.8 Å². The molecule has 3 rings (SSSR count). The quantitative estimate of drug-likeness (QED) is 0.909. The average molecular weight is 312 g/mol. The smallest absolute Gasteiger partial charge is 0.283 e. The Morgan fingerprint density at radius 3 is 2.56 bits per heavy atom. The highest BCUT2D eigenvalue weighted by Crippen LogP contribution is 2.46. The molecule has 0 aromatic carbocycles. The van der Waals surface area contributed by atoms with Crippen molar-refractivity contribution in [3.63, 3.8) is 0 Å². The summed E-state index contributed by atoms with van der Waals surface area (Å²) in [4.78, 5) is 12.0. The first kappa shape index (κ1) is 12.2. The molecule has 0 unspecified atom stereocenters. The van der Waals surface area contributed by atoms with E-state index in [1.807, 2.05) is 6.92 Å². The average Bonchev–Trinajstić information content (AvgIpc) is 3.24. The highest BCUT2D eigenvalue weighted by Gasteiger charge is 2.41. The van der Waals surface area contributed by atoms with Crippen LogP contribution in [-0.2, 0) is 6.54 Å². The molecular weight excluding hydrogens is 294 g/mol. The van der Waals surface area contributed by atoms with Crippen LogP contribution in [0.1, 0.15) is 32.6 Å². The summed E-state index contributed by atoms with van der Waals surface area (Å²) in [7, 11) is 0. The molecule has 5 heteroatoms. The Morgan fingerprint density at radius 2 is 2.06 bits per heavy atom. The van der Waals surface area contributed by atoms with E-state index in [1.165, 1.54) is 30.4 Å². The highest BCUT2D eigenvalue weighted by molar-refractivity contribution is 9.10. The molecule has 0 bridgehead atoms. The number of halogens is 1. The lowest BCUT2D eigenvalue weighted by Crippen LogP contribution is -2.28. The lowest BCUT2D eigenvalue weighted by Gasteiger charge is -2.19. The maximum Gasteiger partial charge on any atom is 0.283 e. The van der Waals surface area contributed by atoms with Gasteiger partial charge in [-0.3, -0.25) is 4.79 Å². The van der Waals surface area contributed by atoms with Crippen LogP contribution in [0.3, 0.4) is 0 Å². The first-order chi connectivity index (χ1) is 8.70. The standard InChI is InChI=1S/C13H18BrN3O/c1-2-17-13(18)11(14)10(7-15-17)16-12(8-3-4-8)9-5-6-9/h7-9,12,16H,2-6H2,1H3. The zero-order chi connectivity index (χ0) is 12.7. The maximum absolute atomic E-state index is 12.0. The van der Waals surface area contributed by atoms with Crippen molar-refractivity contribution < 1.29 is 0 Å². The van der Waals surface area contributed by atoms with Gasteiger partial charge in [0.05, 0.1) is 11.9 Å². The maximum atomic E-state index is 12.0. The number of nitrogens with zero attached hydrogens (tertiary/aromatic N) is 2. The van der Waals surface area contributed by atoms with Crippen LogP contribution >= 0.6 is 15.9 Å². The highest BCUT2D eigenvalue weighted by atomic mass is 79.9. The number of rotatable bonds is 5. The molecule has 2 aliphatic carbocycles. The van der Waals surface area contributed by atoms with E-state index >= 15 is 0 Å². The van der Waals surface area contributed by atoms with E-state index in [0.717, 1.165) is 17.5 Å². The predicted octanol–water partition coefficient (Wildman–Crippen LogP) is 2.63. The molecule has 1 aromatic heterocycles. The van der Waals surface area contributed by atoms with E-state index in [9.17, 15) is 4.79 Å². The number of hydrogen-bond acceptors (Lipinski definition) is 3. The van der Waals surface area contributed by atoms with Crippen LogP contribution in [0.15, 0.2) is 15.5 Å². The summed E-state index contributed by atoms with van der Waals surface area (Å²) in [5, 5.41) is 7.72. The summed E-state index contributed by atoms with van der Waals surface area (Å²) in [6.07, 6.45) is 7.07. The fourth-order valence-corrected chi connectivity index (χ4v) is 2.92. The van der Waals surface area contributed by atoms with Crippen LogP contribution < -0.4 is 10.9 Å². The van der Waals surface area contributed by atoms with Gasteiger partial charge in [0.2, 0.25) is 0 Å². The van der Waals surface area contributed by atoms with Crippen LogP contribution in [0.5, 0.6) is 0 Å². The minimum Gasteiger partial charge on any atom is -0.379 e. The summed E-state index contributed by atoms with van der Waals surface area (Å²) >= 11 is 3.40. The van der Waals surface area contributed by atoms with Gasteiger partial charge in [-0.25, -0.2) is 4.68 Å². The Bertz CT molecular complexity index is 493. The van der Waals surface area contributed by atoms with Gasteiger partial charge in [-0.15, -0.1) is 0 Å². The second-order valence-electron chi connectivity index (χ2n) is 5.34. The second-order valence-corrected chi connectivity index (χ2v) is 6.13. The molecule has 0 aliphatic heterocycles. The first-order valence-corrected chi connectivity index (χ1v) is 7.52. The van der Waals surface area contributed by atoms with Gasteiger partial charge < -0.3 is 5.32 Å². The molecule has 2 aliphatic rings. The van der Waals surface area contributed by atoms with Crippen molar-refractivity contribution >= 4 is 21.6 Å². The van der Waals surface area contributed by atoms with E-state index < -0.39 is 0 Å². The molecule has 0 spiro atoms. The summed E-state index contributed by atoms with van der Waals surface area (Å²) in [5.41, 5.74) is 0.807. The molecule has 0 atom stereocenters. The third-order valence-corrected chi connectivity index (χ3v) is 4.63. The molecule has 0 saturated heterocycles. The molecule has 1 aromatic rings. The third kappa shape index (κ3) is 2.32. The van der Waals surface area contributed by atoms with E-state index in [4.69, 9.17) is 0 Å². The molecule has 0 amide bonds. The molecule has 98 valence electrons. The van der Waals surface area contributed by atoms with E-state index in [0.29, 0.717) is 17.1 Å². The molecule has 2 fully saturated rings. The molecule has 1 N–H and O–H groups in total. The zero-order valence-electron chi connectivity index (χ0n) is 10.5. The fraction of sp³-hybridized carbons (Fsp3) is 0.692. The number of aromatic nitrogens is 2. The summed E-state index contributed by atoms with van der Waals surface area (Å²) < 4.78 is 2.09. The van der Waals surface area contributed by atoms with Crippen LogP contribution in [-0.4, -0.2) is 15.8 Å². The van der Waals surface area contributed by atoms with Gasteiger partial charge in [-0.1, -0.05) is 0 Å². The monoisotopic (exact) mass is 311 g/mol. The van der Waals surface area contributed by atoms with E-state index in [-0.39, 0.29) is 5.56 Å². The Labute approximate surface area is 115 Å². The van der Waals surface area contributed by atoms with E-state index in [2.05, 4.69) is 26.3 Å². The van der Waals surface area contributed by atoms with Crippen molar-refractivity contribution in [2.24, 2.45) is 11.8 Å². The van der Waals surface area contributed by atoms with Gasteiger partial charge in [0.1, 0.15) is 4.47 Å². The Hall–Kier alpha value is -0.840. The van der Waals surface area contributed by atoms with Crippen LogP contribution in [0.4, 0.5) is 5.69 Å². The number of hydrogen-bond donors (Lipinski definition) is 1. The summed E-state index contributed by atoms with van der Waals surface area (Å²) in [6, 6.07) is 0.542. The minimum atomic E-state index is -0.0483. The van der Waals surface area contributed by atoms with E-state index in [1.54, 1.807) is 6.20 Å². The molecule has 1 heterocycles. The molecular formula is C13H18BrN3O. The van der Waals surface area contributed by atoms with Crippen molar-refractivity contribution in [3.8, 4) is 0 Å². The van der Waals surface area contributed by atoms with Gasteiger partial charge in [0, 0.05) is 12.6 Å². The normalized spacial score (nSPS) is 19.3. The second kappa shape index (κ2) is 4.68. The first-order valence-electron chi connectivity index (χ1n) is 6.73. The van der Waals surface area contributed by atoms with Crippen molar-refractivity contribution in [2.45, 2.75) is 45.2 Å². The fourth-order valence-electron chi connectivity index (χ4n) is 2.50. The summed E-state index contributed by atoms with van der Waals surface area (Å²) in [5.74, 6) is 1.61. The van der Waals surface area contributed by atoms with Gasteiger partial charge in [-0.2, -0.15) is 5.10 Å². The molecule has 0 radical (unpaired) electrons. The van der Waals surface area contributed by atoms with Crippen molar-refractivity contribution in [3.05, 3.63) is 21.0 Å². The number of anilines is 1. The van der Waals surface area contributed by atoms with Crippen molar-refractivity contribution in [2.75, 3.05) is 5.32 Å². The van der Waals surface area contributed by atoms with Crippen LogP contribution in [0.2, 0.25) is 0 Å². The van der Waals surface area contributed by atoms with Gasteiger partial charge in [0.15, 0.2) is 0 Å². The van der Waals surface area contributed by atoms with Crippen molar-refractivity contribution in [1.82, 2.24) is 9.78 Å².